The molecule has 0 atom stereocenters. The van der Waals surface area contributed by atoms with E-state index >= 15 is 0 Å². The first kappa shape index (κ1) is 13.9. The SMILES string of the molecule is CCCNCCOc1ncc([N+](=O)[O-])cc1Br. The van der Waals surface area contributed by atoms with E-state index in [9.17, 15) is 10.1 Å². The summed E-state index contributed by atoms with van der Waals surface area (Å²) in [5, 5.41) is 13.7. The Labute approximate surface area is 108 Å². The van der Waals surface area contributed by atoms with Crippen LogP contribution in [0, 0.1) is 10.1 Å². The predicted molar refractivity (Wildman–Crippen MR) is 67.2 cm³/mol. The van der Waals surface area contributed by atoms with E-state index in [1.165, 1.54) is 12.3 Å². The molecule has 0 bridgehead atoms. The molecule has 94 valence electrons. The van der Waals surface area contributed by atoms with Gasteiger partial charge in [-0.25, -0.2) is 4.98 Å². The fourth-order valence-electron chi connectivity index (χ4n) is 1.14. The minimum atomic E-state index is -0.496. The predicted octanol–water partition coefficient (Wildman–Crippen LogP) is 2.13. The van der Waals surface area contributed by atoms with E-state index < -0.39 is 4.92 Å². The summed E-state index contributed by atoms with van der Waals surface area (Å²) >= 11 is 3.19. The van der Waals surface area contributed by atoms with Crippen LogP contribution >= 0.6 is 15.9 Å². The van der Waals surface area contributed by atoms with E-state index in [2.05, 4.69) is 33.2 Å². The Bertz CT molecular complexity index is 387. The number of halogens is 1. The van der Waals surface area contributed by atoms with Crippen molar-refractivity contribution in [1.29, 1.82) is 0 Å². The van der Waals surface area contributed by atoms with Gasteiger partial charge in [-0.3, -0.25) is 10.1 Å². The van der Waals surface area contributed by atoms with Crippen LogP contribution in [0.15, 0.2) is 16.7 Å². The molecule has 6 nitrogen and oxygen atoms in total. The molecule has 0 saturated carbocycles. The van der Waals surface area contributed by atoms with Crippen molar-refractivity contribution in [3.05, 3.63) is 26.9 Å². The molecule has 0 aromatic carbocycles. The number of rotatable bonds is 7. The molecule has 0 spiro atoms. The van der Waals surface area contributed by atoms with E-state index in [0.29, 0.717) is 17.0 Å². The average molecular weight is 304 g/mol. The zero-order valence-electron chi connectivity index (χ0n) is 9.48. The van der Waals surface area contributed by atoms with Gasteiger partial charge in [0, 0.05) is 12.6 Å². The van der Waals surface area contributed by atoms with E-state index in [4.69, 9.17) is 4.74 Å². The van der Waals surface area contributed by atoms with Crippen molar-refractivity contribution in [1.82, 2.24) is 10.3 Å². The van der Waals surface area contributed by atoms with Crippen LogP contribution in [0.2, 0.25) is 0 Å². The number of ether oxygens (including phenoxy) is 1. The van der Waals surface area contributed by atoms with Gasteiger partial charge in [-0.15, -0.1) is 0 Å². The Balaban J connectivity index is 2.46. The van der Waals surface area contributed by atoms with Crippen LogP contribution in [0.25, 0.3) is 0 Å². The molecule has 1 N–H and O–H groups in total. The Hall–Kier alpha value is -1.21. The van der Waals surface area contributed by atoms with Crippen LogP contribution in [0.4, 0.5) is 5.69 Å². The number of aromatic nitrogens is 1. The number of nitrogens with one attached hydrogen (secondary N) is 1. The standard InChI is InChI=1S/C10H14BrN3O3/c1-2-3-12-4-5-17-10-9(11)6-8(7-13-10)14(15)16/h6-7,12H,2-5H2,1H3. The fraction of sp³-hybridized carbons (Fsp3) is 0.500. The molecule has 0 amide bonds. The summed E-state index contributed by atoms with van der Waals surface area (Å²) in [4.78, 5) is 13.9. The summed E-state index contributed by atoms with van der Waals surface area (Å²) < 4.78 is 5.86. The van der Waals surface area contributed by atoms with Gasteiger partial charge in [0.15, 0.2) is 0 Å². The minimum absolute atomic E-state index is 0.0617. The second-order valence-corrected chi connectivity index (χ2v) is 4.19. The first-order valence-electron chi connectivity index (χ1n) is 5.28. The third-order valence-corrected chi connectivity index (χ3v) is 2.52. The number of pyridine rings is 1. The summed E-state index contributed by atoms with van der Waals surface area (Å²) in [6, 6.07) is 1.38. The van der Waals surface area contributed by atoms with Crippen molar-refractivity contribution in [2.24, 2.45) is 0 Å². The molecule has 0 radical (unpaired) electrons. The van der Waals surface area contributed by atoms with Gasteiger partial charge in [0.25, 0.3) is 5.69 Å². The second-order valence-electron chi connectivity index (χ2n) is 3.34. The third-order valence-electron chi connectivity index (χ3n) is 1.95. The normalized spacial score (nSPS) is 10.2. The van der Waals surface area contributed by atoms with E-state index in [1.807, 2.05) is 0 Å². The number of nitro groups is 1. The van der Waals surface area contributed by atoms with Crippen molar-refractivity contribution >= 4 is 21.6 Å². The summed E-state index contributed by atoms with van der Waals surface area (Å²) in [7, 11) is 0. The Kier molecular flexibility index (Phi) is 5.85. The molecule has 17 heavy (non-hydrogen) atoms. The molecule has 0 aliphatic heterocycles. The van der Waals surface area contributed by atoms with E-state index in [1.54, 1.807) is 0 Å². The highest BCUT2D eigenvalue weighted by atomic mass is 79.9. The van der Waals surface area contributed by atoms with Gasteiger partial charge in [0.1, 0.15) is 12.8 Å². The fourth-order valence-corrected chi connectivity index (χ4v) is 1.59. The van der Waals surface area contributed by atoms with E-state index in [0.717, 1.165) is 19.5 Å². The first-order chi connectivity index (χ1) is 8.15. The zero-order valence-corrected chi connectivity index (χ0v) is 11.1. The molecule has 1 aromatic heterocycles. The lowest BCUT2D eigenvalue weighted by Crippen LogP contribution is -2.21. The second kappa shape index (κ2) is 7.18. The van der Waals surface area contributed by atoms with Gasteiger partial charge in [-0.1, -0.05) is 6.92 Å². The van der Waals surface area contributed by atoms with Gasteiger partial charge in [0.05, 0.1) is 9.40 Å². The van der Waals surface area contributed by atoms with Crippen molar-refractivity contribution < 1.29 is 9.66 Å². The molecule has 1 aromatic rings. The molecule has 7 heteroatoms. The molecule has 0 saturated heterocycles. The van der Waals surface area contributed by atoms with Gasteiger partial charge >= 0.3 is 0 Å². The lowest BCUT2D eigenvalue weighted by molar-refractivity contribution is -0.385. The van der Waals surface area contributed by atoms with Crippen molar-refractivity contribution in [2.75, 3.05) is 19.7 Å². The summed E-state index contributed by atoms with van der Waals surface area (Å²) in [5.74, 6) is 0.369. The highest BCUT2D eigenvalue weighted by Gasteiger charge is 2.11. The van der Waals surface area contributed by atoms with Gasteiger partial charge in [-0.05, 0) is 28.9 Å². The summed E-state index contributed by atoms with van der Waals surface area (Å²) in [6.45, 7) is 4.23. The maximum absolute atomic E-state index is 10.5. The Morgan fingerprint density at radius 3 is 2.94 bits per heavy atom. The zero-order chi connectivity index (χ0) is 12.7. The first-order valence-corrected chi connectivity index (χ1v) is 6.08. The molecule has 0 unspecified atom stereocenters. The minimum Gasteiger partial charge on any atom is -0.476 e. The van der Waals surface area contributed by atoms with Gasteiger partial charge in [-0.2, -0.15) is 0 Å². The van der Waals surface area contributed by atoms with Gasteiger partial charge in [0.2, 0.25) is 5.88 Å². The highest BCUT2D eigenvalue weighted by Crippen LogP contribution is 2.25. The molecule has 0 aliphatic carbocycles. The van der Waals surface area contributed by atoms with E-state index in [-0.39, 0.29) is 5.69 Å². The molecular weight excluding hydrogens is 290 g/mol. The Morgan fingerprint density at radius 1 is 1.59 bits per heavy atom. The van der Waals surface area contributed by atoms with Crippen molar-refractivity contribution in [3.8, 4) is 5.88 Å². The third kappa shape index (κ3) is 4.66. The maximum Gasteiger partial charge on any atom is 0.288 e. The summed E-state index contributed by atoms with van der Waals surface area (Å²) in [5.41, 5.74) is -0.0617. The van der Waals surface area contributed by atoms with Crippen LogP contribution in [0.5, 0.6) is 5.88 Å². The van der Waals surface area contributed by atoms with Crippen LogP contribution in [-0.2, 0) is 0 Å². The van der Waals surface area contributed by atoms with Crippen LogP contribution in [0.1, 0.15) is 13.3 Å². The summed E-state index contributed by atoms with van der Waals surface area (Å²) in [6.07, 6.45) is 2.25. The molecule has 0 fully saturated rings. The van der Waals surface area contributed by atoms with Crippen LogP contribution in [0.3, 0.4) is 0 Å². The molecular formula is C10H14BrN3O3. The molecule has 0 aliphatic rings. The number of hydrogen-bond donors (Lipinski definition) is 1. The van der Waals surface area contributed by atoms with Crippen molar-refractivity contribution in [2.45, 2.75) is 13.3 Å². The topological polar surface area (TPSA) is 77.3 Å². The quantitative estimate of drug-likeness (QED) is 0.474. The highest BCUT2D eigenvalue weighted by molar-refractivity contribution is 9.10. The largest absolute Gasteiger partial charge is 0.476 e. The average Bonchev–Trinajstić information content (AvgIpc) is 2.30. The number of hydrogen-bond acceptors (Lipinski definition) is 5. The molecule has 1 rings (SSSR count). The van der Waals surface area contributed by atoms with Crippen molar-refractivity contribution in [3.63, 3.8) is 0 Å². The van der Waals surface area contributed by atoms with Gasteiger partial charge < -0.3 is 10.1 Å². The smallest absolute Gasteiger partial charge is 0.288 e. The van der Waals surface area contributed by atoms with Crippen LogP contribution in [-0.4, -0.2) is 29.6 Å². The number of nitrogens with zero attached hydrogens (tertiary/aromatic N) is 2. The maximum atomic E-state index is 10.5. The Morgan fingerprint density at radius 2 is 2.35 bits per heavy atom. The molecule has 1 heterocycles. The lowest BCUT2D eigenvalue weighted by Gasteiger charge is -2.07. The van der Waals surface area contributed by atoms with Crippen LogP contribution < -0.4 is 10.1 Å². The lowest BCUT2D eigenvalue weighted by atomic mass is 10.4. The monoisotopic (exact) mass is 303 g/mol.